The molecule has 0 aromatic heterocycles. The molecule has 8 heteroatoms. The Morgan fingerprint density at radius 1 is 0.933 bits per heavy atom. The highest BCUT2D eigenvalue weighted by Crippen LogP contribution is 2.32. The molecule has 2 aromatic carbocycles. The fraction of sp³-hybridized carbons (Fsp3) is 0.364. The Morgan fingerprint density at radius 2 is 1.53 bits per heavy atom. The van der Waals surface area contributed by atoms with E-state index in [2.05, 4.69) is 0 Å². The largest absolute Gasteiger partial charge is 0.484 e. The number of hydrogen-bond acceptors (Lipinski definition) is 5. The van der Waals surface area contributed by atoms with Gasteiger partial charge in [-0.25, -0.2) is 8.42 Å². The maximum absolute atomic E-state index is 12.7. The van der Waals surface area contributed by atoms with Gasteiger partial charge in [-0.05, 0) is 67.8 Å². The van der Waals surface area contributed by atoms with Crippen LogP contribution in [-0.2, 0) is 14.6 Å². The fourth-order valence-corrected chi connectivity index (χ4v) is 5.58. The number of sulfone groups is 1. The minimum atomic E-state index is -3.06. The van der Waals surface area contributed by atoms with Gasteiger partial charge in [-0.3, -0.25) is 9.59 Å². The Bertz CT molecular complexity index is 1050. The first kappa shape index (κ1) is 20.9. The lowest BCUT2D eigenvalue weighted by molar-refractivity contribution is -0.135. The molecule has 4 rings (SSSR count). The third-order valence-corrected chi connectivity index (χ3v) is 7.42. The minimum absolute atomic E-state index is 0.0384. The van der Waals surface area contributed by atoms with Crippen molar-refractivity contribution in [2.45, 2.75) is 31.3 Å². The molecule has 1 aliphatic heterocycles. The molecule has 1 saturated carbocycles. The third-order valence-electron chi connectivity index (χ3n) is 5.42. The van der Waals surface area contributed by atoms with Crippen molar-refractivity contribution in [2.24, 2.45) is 0 Å². The van der Waals surface area contributed by atoms with Crippen molar-refractivity contribution in [3.05, 3.63) is 64.7 Å². The molecular formula is C22H22ClNO5S. The second-order valence-electron chi connectivity index (χ2n) is 7.74. The van der Waals surface area contributed by atoms with Crippen molar-refractivity contribution in [1.29, 1.82) is 0 Å². The first-order valence-corrected chi connectivity index (χ1v) is 12.1. The SMILES string of the molecule is O=C(c1ccc(Cl)cc1)c1ccc(OCC(=O)N(C2CC2)C2CCS(=O)(=O)C2)cc1. The first-order valence-electron chi connectivity index (χ1n) is 9.87. The van der Waals surface area contributed by atoms with Gasteiger partial charge in [0.2, 0.25) is 0 Å². The van der Waals surface area contributed by atoms with Crippen LogP contribution in [0.5, 0.6) is 5.75 Å². The molecule has 2 aliphatic rings. The van der Waals surface area contributed by atoms with Crippen molar-refractivity contribution in [2.75, 3.05) is 18.1 Å². The van der Waals surface area contributed by atoms with Crippen molar-refractivity contribution < 1.29 is 22.7 Å². The molecule has 1 amide bonds. The number of halogens is 1. The number of amides is 1. The fourth-order valence-electron chi connectivity index (χ4n) is 3.74. The molecule has 0 N–H and O–H groups in total. The molecule has 1 heterocycles. The van der Waals surface area contributed by atoms with E-state index in [1.165, 1.54) is 0 Å². The van der Waals surface area contributed by atoms with Gasteiger partial charge in [0.25, 0.3) is 5.91 Å². The molecule has 0 spiro atoms. The predicted molar refractivity (Wildman–Crippen MR) is 114 cm³/mol. The summed E-state index contributed by atoms with van der Waals surface area (Å²) in [4.78, 5) is 26.9. The van der Waals surface area contributed by atoms with Crippen molar-refractivity contribution >= 4 is 33.1 Å². The van der Waals surface area contributed by atoms with Crippen molar-refractivity contribution in [3.8, 4) is 5.75 Å². The van der Waals surface area contributed by atoms with Crippen LogP contribution in [0.25, 0.3) is 0 Å². The maximum atomic E-state index is 12.7. The lowest BCUT2D eigenvalue weighted by Crippen LogP contribution is -2.45. The quantitative estimate of drug-likeness (QED) is 0.609. The number of nitrogens with zero attached hydrogens (tertiary/aromatic N) is 1. The summed E-state index contributed by atoms with van der Waals surface area (Å²) >= 11 is 5.86. The molecular weight excluding hydrogens is 426 g/mol. The highest BCUT2D eigenvalue weighted by atomic mass is 35.5. The van der Waals surface area contributed by atoms with Crippen LogP contribution in [0, 0.1) is 0 Å². The van der Waals surface area contributed by atoms with Crippen LogP contribution in [-0.4, -0.2) is 55.2 Å². The molecule has 30 heavy (non-hydrogen) atoms. The van der Waals surface area contributed by atoms with E-state index in [0.29, 0.717) is 28.3 Å². The van der Waals surface area contributed by atoms with E-state index in [4.69, 9.17) is 16.3 Å². The van der Waals surface area contributed by atoms with Gasteiger partial charge >= 0.3 is 0 Å². The van der Waals surface area contributed by atoms with E-state index >= 15 is 0 Å². The molecule has 2 aromatic rings. The Labute approximate surface area is 180 Å². The topological polar surface area (TPSA) is 80.8 Å². The van der Waals surface area contributed by atoms with Gasteiger partial charge in [-0.2, -0.15) is 0 Å². The van der Waals surface area contributed by atoms with Crippen LogP contribution in [0.15, 0.2) is 48.5 Å². The molecule has 6 nitrogen and oxygen atoms in total. The molecule has 0 radical (unpaired) electrons. The molecule has 1 saturated heterocycles. The zero-order valence-electron chi connectivity index (χ0n) is 16.3. The second kappa shape index (κ2) is 8.40. The molecule has 1 unspecified atom stereocenters. The van der Waals surface area contributed by atoms with E-state index in [0.717, 1.165) is 12.8 Å². The Balaban J connectivity index is 1.37. The summed E-state index contributed by atoms with van der Waals surface area (Å²) in [5, 5.41) is 0.565. The van der Waals surface area contributed by atoms with E-state index in [1.807, 2.05) is 0 Å². The monoisotopic (exact) mass is 447 g/mol. The van der Waals surface area contributed by atoms with E-state index in [-0.39, 0.29) is 41.9 Å². The third kappa shape index (κ3) is 4.84. The Kier molecular flexibility index (Phi) is 5.84. The van der Waals surface area contributed by atoms with E-state index in [1.54, 1.807) is 53.4 Å². The molecule has 1 atom stereocenters. The number of carbonyl (C=O) groups is 2. The maximum Gasteiger partial charge on any atom is 0.261 e. The first-order chi connectivity index (χ1) is 14.3. The smallest absolute Gasteiger partial charge is 0.261 e. The second-order valence-corrected chi connectivity index (χ2v) is 10.4. The Morgan fingerprint density at radius 3 is 2.07 bits per heavy atom. The summed E-state index contributed by atoms with van der Waals surface area (Å²) in [5.74, 6) is 0.331. The van der Waals surface area contributed by atoms with Gasteiger partial charge in [0.15, 0.2) is 22.2 Å². The van der Waals surface area contributed by atoms with Crippen LogP contribution in [0.2, 0.25) is 5.02 Å². The lowest BCUT2D eigenvalue weighted by atomic mass is 10.0. The average molecular weight is 448 g/mol. The van der Waals surface area contributed by atoms with Gasteiger partial charge in [0, 0.05) is 28.2 Å². The molecule has 1 aliphatic carbocycles. The van der Waals surface area contributed by atoms with Gasteiger partial charge in [-0.1, -0.05) is 11.6 Å². The highest BCUT2D eigenvalue weighted by Gasteiger charge is 2.42. The summed E-state index contributed by atoms with van der Waals surface area (Å²) < 4.78 is 29.2. The number of rotatable bonds is 7. The number of hydrogen-bond donors (Lipinski definition) is 0. The van der Waals surface area contributed by atoms with Crippen LogP contribution >= 0.6 is 11.6 Å². The van der Waals surface area contributed by atoms with E-state index in [9.17, 15) is 18.0 Å². The summed E-state index contributed by atoms with van der Waals surface area (Å²) in [6.07, 6.45) is 2.31. The summed E-state index contributed by atoms with van der Waals surface area (Å²) in [7, 11) is -3.06. The highest BCUT2D eigenvalue weighted by molar-refractivity contribution is 7.91. The summed E-state index contributed by atoms with van der Waals surface area (Å²) in [5.41, 5.74) is 1.04. The molecule has 0 bridgehead atoms. The number of carbonyl (C=O) groups excluding carboxylic acids is 2. The van der Waals surface area contributed by atoms with Crippen LogP contribution in [0.1, 0.15) is 35.2 Å². The van der Waals surface area contributed by atoms with Crippen LogP contribution < -0.4 is 4.74 Å². The standard InChI is InChI=1S/C22H22ClNO5S/c23-17-5-1-15(2-6-17)22(26)16-3-9-20(10-4-16)29-13-21(25)24(18-7-8-18)19-11-12-30(27,28)14-19/h1-6,9-10,18-19H,7-8,11-14H2. The van der Waals surface area contributed by atoms with Crippen molar-refractivity contribution in [3.63, 3.8) is 0 Å². The van der Waals surface area contributed by atoms with Gasteiger partial charge in [0.1, 0.15) is 5.75 Å². The van der Waals surface area contributed by atoms with Gasteiger partial charge < -0.3 is 9.64 Å². The van der Waals surface area contributed by atoms with Gasteiger partial charge in [0.05, 0.1) is 11.5 Å². The Hall–Kier alpha value is -2.38. The zero-order valence-corrected chi connectivity index (χ0v) is 17.9. The molecule has 2 fully saturated rings. The van der Waals surface area contributed by atoms with Crippen LogP contribution in [0.3, 0.4) is 0 Å². The zero-order chi connectivity index (χ0) is 21.3. The number of benzene rings is 2. The summed E-state index contributed by atoms with van der Waals surface area (Å²) in [6.45, 7) is -0.155. The van der Waals surface area contributed by atoms with Gasteiger partial charge in [-0.15, -0.1) is 0 Å². The van der Waals surface area contributed by atoms with E-state index < -0.39 is 9.84 Å². The predicted octanol–water partition coefficient (Wildman–Crippen LogP) is 3.13. The normalized spacial score (nSPS) is 20.0. The summed E-state index contributed by atoms with van der Waals surface area (Å²) in [6, 6.07) is 13.1. The minimum Gasteiger partial charge on any atom is -0.484 e. The number of ether oxygens (including phenoxy) is 1. The average Bonchev–Trinajstić information content (AvgIpc) is 3.49. The number of ketones is 1. The van der Waals surface area contributed by atoms with Crippen LogP contribution in [0.4, 0.5) is 0 Å². The molecule has 158 valence electrons. The van der Waals surface area contributed by atoms with Crippen molar-refractivity contribution in [1.82, 2.24) is 4.90 Å². The lowest BCUT2D eigenvalue weighted by Gasteiger charge is -2.28.